The van der Waals surface area contributed by atoms with Crippen molar-refractivity contribution >= 4 is 11.5 Å². The van der Waals surface area contributed by atoms with Crippen molar-refractivity contribution in [1.29, 1.82) is 0 Å². The van der Waals surface area contributed by atoms with Crippen LogP contribution in [0.4, 0.5) is 5.69 Å². The number of piperidine rings is 1. The molecule has 0 aromatic heterocycles. The number of hydrogen-bond acceptors (Lipinski definition) is 2. The molecule has 0 amide bonds. The monoisotopic (exact) mass is 279 g/mol. The maximum Gasteiger partial charge on any atom is 0.166 e. The first-order valence-corrected chi connectivity index (χ1v) is 7.65. The highest BCUT2D eigenvalue weighted by Crippen LogP contribution is 2.25. The van der Waals surface area contributed by atoms with Crippen molar-refractivity contribution in [2.24, 2.45) is 5.92 Å². The molecule has 0 radical (unpaired) electrons. The molecule has 2 aromatic carbocycles. The van der Waals surface area contributed by atoms with Gasteiger partial charge >= 0.3 is 0 Å². The number of nitrogens with zero attached hydrogens (tertiary/aromatic N) is 1. The van der Waals surface area contributed by atoms with E-state index < -0.39 is 0 Å². The molecule has 108 valence electrons. The Labute approximate surface area is 126 Å². The highest BCUT2D eigenvalue weighted by Gasteiger charge is 2.25. The van der Waals surface area contributed by atoms with Crippen molar-refractivity contribution in [3.8, 4) is 0 Å². The third-order valence-electron chi connectivity index (χ3n) is 4.32. The van der Waals surface area contributed by atoms with E-state index in [1.807, 2.05) is 37.3 Å². The highest BCUT2D eigenvalue weighted by atomic mass is 16.1. The van der Waals surface area contributed by atoms with Gasteiger partial charge in [-0.2, -0.15) is 0 Å². The molecule has 0 unspecified atom stereocenters. The average Bonchev–Trinajstić information content (AvgIpc) is 2.56. The van der Waals surface area contributed by atoms with Gasteiger partial charge in [-0.25, -0.2) is 0 Å². The van der Waals surface area contributed by atoms with Gasteiger partial charge in [0.05, 0.1) is 0 Å². The van der Waals surface area contributed by atoms with Crippen LogP contribution in [0.3, 0.4) is 0 Å². The van der Waals surface area contributed by atoms with Crippen molar-refractivity contribution in [2.75, 3.05) is 18.0 Å². The SMILES string of the molecule is Cc1ccc(C(=O)C2CCN(c3ccccc3)CC2)cc1. The zero-order valence-electron chi connectivity index (χ0n) is 12.5. The Kier molecular flexibility index (Phi) is 4.05. The summed E-state index contributed by atoms with van der Waals surface area (Å²) >= 11 is 0. The van der Waals surface area contributed by atoms with E-state index in [2.05, 4.69) is 29.2 Å². The molecule has 2 heteroatoms. The lowest BCUT2D eigenvalue weighted by atomic mass is 9.88. The fourth-order valence-corrected chi connectivity index (χ4v) is 2.99. The minimum absolute atomic E-state index is 0.174. The molecule has 3 rings (SSSR count). The largest absolute Gasteiger partial charge is 0.371 e. The third-order valence-corrected chi connectivity index (χ3v) is 4.32. The van der Waals surface area contributed by atoms with Crippen molar-refractivity contribution in [1.82, 2.24) is 0 Å². The van der Waals surface area contributed by atoms with Crippen LogP contribution in [0.2, 0.25) is 0 Å². The van der Waals surface area contributed by atoms with Gasteiger partial charge in [0.15, 0.2) is 5.78 Å². The van der Waals surface area contributed by atoms with Crippen LogP contribution < -0.4 is 4.90 Å². The van der Waals surface area contributed by atoms with E-state index in [0.717, 1.165) is 31.5 Å². The Morgan fingerprint density at radius 2 is 1.57 bits per heavy atom. The lowest BCUT2D eigenvalue weighted by Crippen LogP contribution is -2.36. The summed E-state index contributed by atoms with van der Waals surface area (Å²) in [5.74, 6) is 0.482. The Morgan fingerprint density at radius 1 is 0.952 bits per heavy atom. The summed E-state index contributed by atoms with van der Waals surface area (Å²) in [6, 6.07) is 18.4. The van der Waals surface area contributed by atoms with Gasteiger partial charge in [0.25, 0.3) is 0 Å². The molecule has 0 atom stereocenters. The fourth-order valence-electron chi connectivity index (χ4n) is 2.99. The lowest BCUT2D eigenvalue weighted by Gasteiger charge is -2.33. The van der Waals surface area contributed by atoms with Gasteiger partial charge < -0.3 is 4.90 Å². The molecule has 2 aromatic rings. The summed E-state index contributed by atoms with van der Waals surface area (Å²) in [5, 5.41) is 0. The van der Waals surface area contributed by atoms with E-state index in [4.69, 9.17) is 0 Å². The van der Waals surface area contributed by atoms with Crippen LogP contribution >= 0.6 is 0 Å². The number of para-hydroxylation sites is 1. The van der Waals surface area contributed by atoms with E-state index in [1.165, 1.54) is 11.3 Å². The number of ketones is 1. The number of Topliss-reactive ketones (excluding diaryl/α,β-unsaturated/α-hetero) is 1. The molecule has 1 saturated heterocycles. The van der Waals surface area contributed by atoms with Gasteiger partial charge in [-0.1, -0.05) is 48.0 Å². The quantitative estimate of drug-likeness (QED) is 0.789. The van der Waals surface area contributed by atoms with Crippen molar-refractivity contribution in [3.63, 3.8) is 0 Å². The lowest BCUT2D eigenvalue weighted by molar-refractivity contribution is 0.0900. The Hall–Kier alpha value is -2.09. The van der Waals surface area contributed by atoms with Crippen LogP contribution in [0.5, 0.6) is 0 Å². The van der Waals surface area contributed by atoms with Gasteiger partial charge in [0.1, 0.15) is 0 Å². The summed E-state index contributed by atoms with van der Waals surface area (Å²) in [4.78, 5) is 14.9. The minimum atomic E-state index is 0.174. The van der Waals surface area contributed by atoms with E-state index in [-0.39, 0.29) is 5.92 Å². The third kappa shape index (κ3) is 3.15. The number of rotatable bonds is 3. The van der Waals surface area contributed by atoms with Gasteiger partial charge in [0.2, 0.25) is 0 Å². The van der Waals surface area contributed by atoms with Crippen molar-refractivity contribution in [3.05, 3.63) is 65.7 Å². The molecule has 2 nitrogen and oxygen atoms in total. The normalized spacial score (nSPS) is 16.0. The molecular weight excluding hydrogens is 258 g/mol. The van der Waals surface area contributed by atoms with Crippen molar-refractivity contribution < 1.29 is 4.79 Å². The molecular formula is C19H21NO. The first-order valence-electron chi connectivity index (χ1n) is 7.65. The summed E-state index contributed by atoms with van der Waals surface area (Å²) in [7, 11) is 0. The van der Waals surface area contributed by atoms with Crippen molar-refractivity contribution in [2.45, 2.75) is 19.8 Å². The summed E-state index contributed by atoms with van der Waals surface area (Å²) < 4.78 is 0. The van der Waals surface area contributed by atoms with E-state index >= 15 is 0 Å². The number of benzene rings is 2. The van der Waals surface area contributed by atoms with Crippen LogP contribution in [0, 0.1) is 12.8 Å². The van der Waals surface area contributed by atoms with Crippen LogP contribution in [0.25, 0.3) is 0 Å². The van der Waals surface area contributed by atoms with E-state index in [9.17, 15) is 4.79 Å². The second-order valence-corrected chi connectivity index (χ2v) is 5.83. The summed E-state index contributed by atoms with van der Waals surface area (Å²) in [6.07, 6.45) is 1.89. The number of aryl methyl sites for hydroxylation is 1. The molecule has 1 aliphatic heterocycles. The molecule has 1 fully saturated rings. The van der Waals surface area contributed by atoms with Crippen LogP contribution in [0.15, 0.2) is 54.6 Å². The molecule has 1 aliphatic rings. The Balaban J connectivity index is 1.63. The highest BCUT2D eigenvalue weighted by molar-refractivity contribution is 5.98. The number of hydrogen-bond donors (Lipinski definition) is 0. The molecule has 0 saturated carbocycles. The minimum Gasteiger partial charge on any atom is -0.371 e. The first-order chi connectivity index (χ1) is 10.2. The number of carbonyl (C=O) groups is 1. The smallest absolute Gasteiger partial charge is 0.166 e. The summed E-state index contributed by atoms with van der Waals surface area (Å²) in [5.41, 5.74) is 3.32. The molecule has 1 heterocycles. The summed E-state index contributed by atoms with van der Waals surface area (Å²) in [6.45, 7) is 3.98. The zero-order chi connectivity index (χ0) is 14.7. The second-order valence-electron chi connectivity index (χ2n) is 5.83. The zero-order valence-corrected chi connectivity index (χ0v) is 12.5. The number of anilines is 1. The first kappa shape index (κ1) is 13.9. The molecule has 21 heavy (non-hydrogen) atoms. The van der Waals surface area contributed by atoms with Crippen LogP contribution in [-0.4, -0.2) is 18.9 Å². The molecule has 0 spiro atoms. The van der Waals surface area contributed by atoms with Crippen LogP contribution in [-0.2, 0) is 0 Å². The van der Waals surface area contributed by atoms with Gasteiger partial charge in [0, 0.05) is 30.3 Å². The topological polar surface area (TPSA) is 20.3 Å². The molecule has 0 N–H and O–H groups in total. The predicted molar refractivity (Wildman–Crippen MR) is 86.9 cm³/mol. The van der Waals surface area contributed by atoms with Gasteiger partial charge in [-0.3, -0.25) is 4.79 Å². The van der Waals surface area contributed by atoms with E-state index in [0.29, 0.717) is 5.78 Å². The second kappa shape index (κ2) is 6.13. The predicted octanol–water partition coefficient (Wildman–Crippen LogP) is 4.09. The van der Waals surface area contributed by atoms with E-state index in [1.54, 1.807) is 0 Å². The standard InChI is InChI=1S/C19H21NO/c1-15-7-9-16(10-8-15)19(21)17-11-13-20(14-12-17)18-5-3-2-4-6-18/h2-10,17H,11-14H2,1H3. The maximum atomic E-state index is 12.5. The fraction of sp³-hybridized carbons (Fsp3) is 0.316. The Bertz CT molecular complexity index is 595. The number of carbonyl (C=O) groups excluding carboxylic acids is 1. The van der Waals surface area contributed by atoms with Crippen LogP contribution in [0.1, 0.15) is 28.8 Å². The Morgan fingerprint density at radius 3 is 2.19 bits per heavy atom. The molecule has 0 bridgehead atoms. The average molecular weight is 279 g/mol. The van der Waals surface area contributed by atoms with Gasteiger partial charge in [-0.05, 0) is 31.9 Å². The van der Waals surface area contributed by atoms with Gasteiger partial charge in [-0.15, -0.1) is 0 Å². The molecule has 0 aliphatic carbocycles. The maximum absolute atomic E-state index is 12.5.